The third-order valence-electron chi connectivity index (χ3n) is 4.05. The topological polar surface area (TPSA) is 72.7 Å². The van der Waals surface area contributed by atoms with E-state index in [1.54, 1.807) is 30.1 Å². The van der Waals surface area contributed by atoms with Gasteiger partial charge in [0.1, 0.15) is 5.01 Å². The van der Waals surface area contributed by atoms with Crippen LogP contribution in [0.3, 0.4) is 0 Å². The molecule has 1 N–H and O–H groups in total. The normalized spacial score (nSPS) is 10.8. The fourth-order valence-corrected chi connectivity index (χ4v) is 3.56. The number of pyridine rings is 1. The second-order valence-corrected chi connectivity index (χ2v) is 7.18. The summed E-state index contributed by atoms with van der Waals surface area (Å²) in [5.74, 6) is -1.15. The first-order valence-electron chi connectivity index (χ1n) is 8.17. The van der Waals surface area contributed by atoms with Crippen LogP contribution in [0.25, 0.3) is 21.8 Å². The monoisotopic (exact) mass is 413 g/mol. The van der Waals surface area contributed by atoms with Crippen LogP contribution in [0, 0.1) is 5.82 Å². The molecule has 6 nitrogen and oxygen atoms in total. The number of halogens is 2. The third-order valence-corrected chi connectivity index (χ3v) is 5.21. The Labute approximate surface area is 168 Å². The van der Waals surface area contributed by atoms with Crippen LogP contribution >= 0.6 is 22.9 Å². The van der Waals surface area contributed by atoms with E-state index >= 15 is 0 Å². The van der Waals surface area contributed by atoms with Gasteiger partial charge in [-0.25, -0.2) is 9.37 Å². The fraction of sp³-hybridized carbons (Fsp3) is 0.0526. The Morgan fingerprint density at radius 3 is 2.86 bits per heavy atom. The van der Waals surface area contributed by atoms with E-state index in [1.807, 2.05) is 17.5 Å². The lowest BCUT2D eigenvalue weighted by Gasteiger charge is -2.06. The molecule has 0 bridgehead atoms. The lowest BCUT2D eigenvalue weighted by molar-refractivity contribution is 0.102. The molecule has 140 valence electrons. The Bertz CT molecular complexity index is 1160. The van der Waals surface area contributed by atoms with Crippen molar-refractivity contribution >= 4 is 34.5 Å². The zero-order chi connectivity index (χ0) is 19.7. The van der Waals surface area contributed by atoms with Crippen molar-refractivity contribution in [1.29, 1.82) is 0 Å². The van der Waals surface area contributed by atoms with Crippen molar-refractivity contribution in [3.63, 3.8) is 0 Å². The number of anilines is 1. The number of nitrogens with one attached hydrogen (secondary N) is 1. The molecule has 9 heteroatoms. The zero-order valence-electron chi connectivity index (χ0n) is 14.6. The van der Waals surface area contributed by atoms with Gasteiger partial charge in [0.05, 0.1) is 17.6 Å². The molecule has 3 aromatic heterocycles. The fourth-order valence-electron chi connectivity index (χ4n) is 2.71. The number of hydrogen-bond donors (Lipinski definition) is 1. The van der Waals surface area contributed by atoms with Gasteiger partial charge < -0.3 is 5.32 Å². The maximum absolute atomic E-state index is 13.7. The highest BCUT2D eigenvalue weighted by atomic mass is 35.5. The molecule has 0 saturated heterocycles. The van der Waals surface area contributed by atoms with Gasteiger partial charge in [0, 0.05) is 41.0 Å². The molecule has 0 spiro atoms. The highest BCUT2D eigenvalue weighted by Gasteiger charge is 2.18. The van der Waals surface area contributed by atoms with Gasteiger partial charge in [-0.2, -0.15) is 5.10 Å². The molecular formula is C19H13ClFN5OS. The summed E-state index contributed by atoms with van der Waals surface area (Å²) < 4.78 is 15.3. The molecule has 28 heavy (non-hydrogen) atoms. The van der Waals surface area contributed by atoms with E-state index in [2.05, 4.69) is 20.4 Å². The standard InChI is InChI=1S/C19H13ClFN5OS/c1-26-17(12-8-11(2-3-13(12)20)19-23-6-7-28-19)9-16(25-26)18(27)24-15-4-5-22-10-14(15)21/h2-10H,1H3,(H,22,24,27). The second kappa shape index (κ2) is 7.49. The number of hydrogen-bond acceptors (Lipinski definition) is 5. The lowest BCUT2D eigenvalue weighted by atomic mass is 10.1. The van der Waals surface area contributed by atoms with Gasteiger partial charge in [0.15, 0.2) is 11.5 Å². The summed E-state index contributed by atoms with van der Waals surface area (Å²) in [6.07, 6.45) is 4.16. The quantitative estimate of drug-likeness (QED) is 0.528. The second-order valence-electron chi connectivity index (χ2n) is 5.88. The summed E-state index contributed by atoms with van der Waals surface area (Å²) in [6.45, 7) is 0. The van der Waals surface area contributed by atoms with Gasteiger partial charge in [-0.1, -0.05) is 17.7 Å². The Balaban J connectivity index is 1.67. The first-order valence-corrected chi connectivity index (χ1v) is 9.43. The van der Waals surface area contributed by atoms with Crippen molar-refractivity contribution in [2.75, 3.05) is 5.32 Å². The van der Waals surface area contributed by atoms with E-state index in [9.17, 15) is 9.18 Å². The number of thiazole rings is 1. The van der Waals surface area contributed by atoms with Crippen molar-refractivity contribution in [1.82, 2.24) is 19.7 Å². The van der Waals surface area contributed by atoms with Crippen LogP contribution in [0.2, 0.25) is 5.02 Å². The number of carbonyl (C=O) groups is 1. The van der Waals surface area contributed by atoms with Crippen LogP contribution in [0.1, 0.15) is 10.5 Å². The van der Waals surface area contributed by atoms with Gasteiger partial charge in [0.2, 0.25) is 0 Å². The summed E-state index contributed by atoms with van der Waals surface area (Å²) in [5.41, 5.74) is 2.48. The van der Waals surface area contributed by atoms with Crippen molar-refractivity contribution in [3.05, 3.63) is 70.8 Å². The van der Waals surface area contributed by atoms with E-state index in [0.717, 1.165) is 22.3 Å². The van der Waals surface area contributed by atoms with Gasteiger partial charge >= 0.3 is 0 Å². The molecule has 1 amide bonds. The maximum Gasteiger partial charge on any atom is 0.276 e. The van der Waals surface area contributed by atoms with Gasteiger partial charge in [-0.05, 0) is 24.3 Å². The van der Waals surface area contributed by atoms with Crippen molar-refractivity contribution < 1.29 is 9.18 Å². The Morgan fingerprint density at radius 1 is 1.25 bits per heavy atom. The minimum absolute atomic E-state index is 0.0380. The predicted molar refractivity (Wildman–Crippen MR) is 107 cm³/mol. The van der Waals surface area contributed by atoms with Crippen LogP contribution < -0.4 is 5.32 Å². The molecule has 3 heterocycles. The molecule has 0 aliphatic carbocycles. The molecule has 4 rings (SSSR count). The van der Waals surface area contributed by atoms with Crippen molar-refractivity contribution in [2.45, 2.75) is 0 Å². The average molecular weight is 414 g/mol. The molecule has 0 saturated carbocycles. The van der Waals surface area contributed by atoms with Crippen molar-refractivity contribution in [3.8, 4) is 21.8 Å². The van der Waals surface area contributed by atoms with Crippen LogP contribution in [-0.2, 0) is 7.05 Å². The smallest absolute Gasteiger partial charge is 0.276 e. The number of aromatic nitrogens is 4. The number of benzene rings is 1. The molecule has 1 aromatic carbocycles. The number of aryl methyl sites for hydroxylation is 1. The summed E-state index contributed by atoms with van der Waals surface area (Å²) in [4.78, 5) is 20.5. The van der Waals surface area contributed by atoms with Gasteiger partial charge in [-0.3, -0.25) is 14.5 Å². The summed E-state index contributed by atoms with van der Waals surface area (Å²) in [6, 6.07) is 8.57. The Kier molecular flexibility index (Phi) is 4.89. The highest BCUT2D eigenvalue weighted by Crippen LogP contribution is 2.33. The van der Waals surface area contributed by atoms with Gasteiger partial charge in [0.25, 0.3) is 5.91 Å². The molecule has 0 radical (unpaired) electrons. The Hall–Kier alpha value is -3.10. The number of rotatable bonds is 4. The highest BCUT2D eigenvalue weighted by molar-refractivity contribution is 7.13. The largest absolute Gasteiger partial charge is 0.318 e. The number of carbonyl (C=O) groups excluding carboxylic acids is 1. The van der Waals surface area contributed by atoms with Crippen LogP contribution in [0.15, 0.2) is 54.3 Å². The van der Waals surface area contributed by atoms with Crippen molar-refractivity contribution in [2.24, 2.45) is 7.05 Å². The van der Waals surface area contributed by atoms with E-state index in [0.29, 0.717) is 10.7 Å². The predicted octanol–water partition coefficient (Wildman–Crippen LogP) is 4.65. The minimum Gasteiger partial charge on any atom is -0.318 e. The van der Waals surface area contributed by atoms with E-state index in [4.69, 9.17) is 11.6 Å². The molecular weight excluding hydrogens is 401 g/mol. The maximum atomic E-state index is 13.7. The zero-order valence-corrected chi connectivity index (χ0v) is 16.1. The SMILES string of the molecule is Cn1nc(C(=O)Nc2ccncc2F)cc1-c1cc(-c2nccs2)ccc1Cl. The number of amides is 1. The van der Waals surface area contributed by atoms with E-state index in [-0.39, 0.29) is 11.4 Å². The molecule has 4 aromatic rings. The number of nitrogens with zero attached hydrogens (tertiary/aromatic N) is 4. The lowest BCUT2D eigenvalue weighted by Crippen LogP contribution is -2.14. The molecule has 0 aliphatic rings. The average Bonchev–Trinajstić information content (AvgIpc) is 3.34. The van der Waals surface area contributed by atoms with Crippen LogP contribution in [-0.4, -0.2) is 25.7 Å². The van der Waals surface area contributed by atoms with Gasteiger partial charge in [-0.15, -0.1) is 11.3 Å². The first-order chi connectivity index (χ1) is 13.5. The van der Waals surface area contributed by atoms with E-state index < -0.39 is 11.7 Å². The Morgan fingerprint density at radius 2 is 2.11 bits per heavy atom. The molecule has 0 unspecified atom stereocenters. The first kappa shape index (κ1) is 18.3. The van der Waals surface area contributed by atoms with Crippen LogP contribution in [0.4, 0.5) is 10.1 Å². The van der Waals surface area contributed by atoms with E-state index in [1.165, 1.54) is 23.6 Å². The minimum atomic E-state index is -0.619. The summed E-state index contributed by atoms with van der Waals surface area (Å²) in [5, 5.41) is 10.0. The summed E-state index contributed by atoms with van der Waals surface area (Å²) in [7, 11) is 1.71. The molecule has 0 atom stereocenters. The molecule has 0 aliphatic heterocycles. The third kappa shape index (κ3) is 3.51. The summed E-state index contributed by atoms with van der Waals surface area (Å²) >= 11 is 7.91. The van der Waals surface area contributed by atoms with Crippen LogP contribution in [0.5, 0.6) is 0 Å². The molecule has 0 fully saturated rings.